The standard InChI is InChI=1S/C41H51Cl3N4O2/c1-3-4-5-6-7-8-9-10-11-12-13-14-15-16-17-18-19-20-21-22-38(49)45-29-30-46-41(50)39-32(2)40(33-23-25-34(42)26-24-33)48(47-39)37-28-27-35(43)31-36(37)44/h4-5,7-8,10-11,13-14,16-17,19-20,23-26,31,41,46,50H,3,6,9,12,15,18,21-22,27-30H2,1-2H3,(H,45,49)/b5-4+,8-7+,11-10-,14-13+,17-16+,20-19+. The van der Waals surface area contributed by atoms with Gasteiger partial charge in [-0.3, -0.25) is 10.1 Å². The van der Waals surface area contributed by atoms with Crippen molar-refractivity contribution in [1.82, 2.24) is 20.4 Å². The molecule has 268 valence electrons. The number of carbonyl (C=O) groups excluding carboxylic acids is 1. The lowest BCUT2D eigenvalue weighted by molar-refractivity contribution is -0.121. The maximum Gasteiger partial charge on any atom is 0.220 e. The second-order valence-corrected chi connectivity index (χ2v) is 13.2. The lowest BCUT2D eigenvalue weighted by Crippen LogP contribution is -2.33. The lowest BCUT2D eigenvalue weighted by atomic mass is 10.0. The molecule has 1 aliphatic rings. The van der Waals surface area contributed by atoms with Gasteiger partial charge in [-0.2, -0.15) is 5.10 Å². The third kappa shape index (κ3) is 14.8. The number of aromatic nitrogens is 2. The van der Waals surface area contributed by atoms with Crippen LogP contribution in [-0.2, 0) is 4.79 Å². The van der Waals surface area contributed by atoms with E-state index < -0.39 is 6.23 Å². The molecule has 9 heteroatoms. The molecule has 1 amide bonds. The van der Waals surface area contributed by atoms with Gasteiger partial charge in [-0.1, -0.05) is 127 Å². The van der Waals surface area contributed by atoms with Crippen LogP contribution in [0.1, 0.15) is 88.6 Å². The molecule has 1 atom stereocenters. The Bertz CT molecular complexity index is 1590. The Morgan fingerprint density at radius 1 is 0.840 bits per heavy atom. The smallest absolute Gasteiger partial charge is 0.220 e. The van der Waals surface area contributed by atoms with Gasteiger partial charge >= 0.3 is 0 Å². The van der Waals surface area contributed by atoms with Gasteiger partial charge in [-0.25, -0.2) is 4.68 Å². The van der Waals surface area contributed by atoms with Crippen molar-refractivity contribution in [2.75, 3.05) is 13.1 Å². The molecule has 2 aromatic rings. The summed E-state index contributed by atoms with van der Waals surface area (Å²) in [5.41, 5.74) is 3.82. The molecular weight excluding hydrogens is 687 g/mol. The van der Waals surface area contributed by atoms with E-state index in [-0.39, 0.29) is 5.91 Å². The molecule has 1 aromatic carbocycles. The van der Waals surface area contributed by atoms with Gasteiger partial charge in [0.25, 0.3) is 0 Å². The summed E-state index contributed by atoms with van der Waals surface area (Å²) >= 11 is 19.0. The molecule has 50 heavy (non-hydrogen) atoms. The average molecular weight is 738 g/mol. The fraction of sp³-hybridized carbons (Fsp3) is 0.366. The molecule has 0 spiro atoms. The summed E-state index contributed by atoms with van der Waals surface area (Å²) in [5.74, 6) is -0.0307. The van der Waals surface area contributed by atoms with Gasteiger partial charge in [0.05, 0.1) is 16.4 Å². The van der Waals surface area contributed by atoms with Crippen molar-refractivity contribution in [2.24, 2.45) is 0 Å². The Balaban J connectivity index is 1.35. The van der Waals surface area contributed by atoms with E-state index in [9.17, 15) is 9.90 Å². The summed E-state index contributed by atoms with van der Waals surface area (Å²) in [4.78, 5) is 12.3. The molecule has 0 saturated carbocycles. The molecular formula is C41H51Cl3N4O2. The molecule has 1 aliphatic carbocycles. The van der Waals surface area contributed by atoms with Crippen molar-refractivity contribution in [2.45, 2.75) is 84.3 Å². The highest BCUT2D eigenvalue weighted by atomic mass is 35.5. The van der Waals surface area contributed by atoms with Crippen LogP contribution in [0.3, 0.4) is 0 Å². The minimum absolute atomic E-state index is 0.0307. The first-order valence-corrected chi connectivity index (χ1v) is 18.6. The summed E-state index contributed by atoms with van der Waals surface area (Å²) in [7, 11) is 0. The monoisotopic (exact) mass is 736 g/mol. The number of nitrogens with one attached hydrogen (secondary N) is 2. The predicted octanol–water partition coefficient (Wildman–Crippen LogP) is 11.0. The number of allylic oxidation sites excluding steroid dienone is 16. The number of hydrogen-bond acceptors (Lipinski definition) is 4. The molecule has 0 saturated heterocycles. The molecule has 6 nitrogen and oxygen atoms in total. The Labute approximate surface area is 313 Å². The van der Waals surface area contributed by atoms with Gasteiger partial charge in [0.15, 0.2) is 0 Å². The Hall–Kier alpha value is -3.39. The highest BCUT2D eigenvalue weighted by Crippen LogP contribution is 2.37. The summed E-state index contributed by atoms with van der Waals surface area (Å²) in [6, 6.07) is 7.48. The van der Waals surface area contributed by atoms with Crippen molar-refractivity contribution in [3.63, 3.8) is 0 Å². The van der Waals surface area contributed by atoms with Crippen LogP contribution >= 0.6 is 34.8 Å². The minimum Gasteiger partial charge on any atom is -0.373 e. The van der Waals surface area contributed by atoms with Crippen LogP contribution in [-0.4, -0.2) is 33.9 Å². The summed E-state index contributed by atoms with van der Waals surface area (Å²) < 4.78 is 1.79. The minimum atomic E-state index is -1.04. The number of hydrogen-bond donors (Lipinski definition) is 3. The van der Waals surface area contributed by atoms with Crippen LogP contribution in [0.4, 0.5) is 0 Å². The molecule has 0 aliphatic heterocycles. The number of carbonyl (C=O) groups is 1. The first kappa shape index (κ1) is 41.0. The number of aliphatic hydroxyl groups excluding tert-OH is 1. The number of aliphatic hydroxyl groups is 1. The lowest BCUT2D eigenvalue weighted by Gasteiger charge is -2.17. The van der Waals surface area contributed by atoms with Crippen molar-refractivity contribution in [1.29, 1.82) is 0 Å². The third-order valence-corrected chi connectivity index (χ3v) is 8.75. The second-order valence-electron chi connectivity index (χ2n) is 11.8. The zero-order valence-electron chi connectivity index (χ0n) is 29.3. The van der Waals surface area contributed by atoms with Crippen molar-refractivity contribution < 1.29 is 9.90 Å². The zero-order chi connectivity index (χ0) is 36.0. The quantitative estimate of drug-likeness (QED) is 0.0677. The van der Waals surface area contributed by atoms with Crippen LogP contribution in [0, 0.1) is 6.92 Å². The SMILES string of the molecule is CC/C=C/C/C=C/C/C=C\C/C=C/C/C=C/C/C=C/CCC(=O)NCCNC(O)c1nn(C2=C(Cl)C=C(Cl)CC2)c(-c2ccc(Cl)cc2)c1C. The maximum atomic E-state index is 12.3. The Morgan fingerprint density at radius 2 is 1.40 bits per heavy atom. The van der Waals surface area contributed by atoms with Gasteiger partial charge in [-0.05, 0) is 82.9 Å². The van der Waals surface area contributed by atoms with Gasteiger partial charge in [0.1, 0.15) is 11.9 Å². The van der Waals surface area contributed by atoms with Crippen LogP contribution in [0.15, 0.2) is 113 Å². The van der Waals surface area contributed by atoms with Gasteiger partial charge in [-0.15, -0.1) is 0 Å². The summed E-state index contributed by atoms with van der Waals surface area (Å²) in [5, 5.41) is 23.7. The maximum absolute atomic E-state index is 12.3. The summed E-state index contributed by atoms with van der Waals surface area (Å²) in [6.07, 6.45) is 34.8. The van der Waals surface area contributed by atoms with E-state index in [0.717, 1.165) is 61.0 Å². The van der Waals surface area contributed by atoms with E-state index in [1.165, 1.54) is 0 Å². The molecule has 0 fully saturated rings. The van der Waals surface area contributed by atoms with Gasteiger partial charge in [0.2, 0.25) is 5.91 Å². The number of nitrogens with zero attached hydrogens (tertiary/aromatic N) is 2. The van der Waals surface area contributed by atoms with E-state index in [1.54, 1.807) is 10.8 Å². The van der Waals surface area contributed by atoms with E-state index >= 15 is 0 Å². The number of rotatable bonds is 21. The predicted molar refractivity (Wildman–Crippen MR) is 213 cm³/mol. The number of amides is 1. The fourth-order valence-corrected chi connectivity index (χ4v) is 5.91. The van der Waals surface area contributed by atoms with Crippen LogP contribution in [0.2, 0.25) is 5.02 Å². The van der Waals surface area contributed by atoms with Gasteiger partial charge in [0, 0.05) is 40.7 Å². The van der Waals surface area contributed by atoms with E-state index in [1.807, 2.05) is 37.3 Å². The third-order valence-electron chi connectivity index (χ3n) is 7.87. The van der Waals surface area contributed by atoms with Crippen LogP contribution < -0.4 is 10.6 Å². The first-order valence-electron chi connectivity index (χ1n) is 17.5. The van der Waals surface area contributed by atoms with Crippen LogP contribution in [0.25, 0.3) is 17.0 Å². The normalized spacial score (nSPS) is 14.9. The molecule has 1 aromatic heterocycles. The van der Waals surface area contributed by atoms with E-state index in [2.05, 4.69) is 84.4 Å². The van der Waals surface area contributed by atoms with Crippen molar-refractivity contribution >= 4 is 46.4 Å². The molecule has 1 unspecified atom stereocenters. The topological polar surface area (TPSA) is 79.2 Å². The molecule has 0 radical (unpaired) electrons. The van der Waals surface area contributed by atoms with E-state index in [4.69, 9.17) is 39.9 Å². The van der Waals surface area contributed by atoms with Gasteiger partial charge < -0.3 is 10.4 Å². The largest absolute Gasteiger partial charge is 0.373 e. The van der Waals surface area contributed by atoms with E-state index in [0.29, 0.717) is 59.6 Å². The zero-order valence-corrected chi connectivity index (χ0v) is 31.5. The first-order chi connectivity index (χ1) is 24.3. The summed E-state index contributed by atoms with van der Waals surface area (Å²) in [6.45, 7) is 4.82. The highest BCUT2D eigenvalue weighted by Gasteiger charge is 2.25. The average Bonchev–Trinajstić information content (AvgIpc) is 3.44. The Kier molecular flexibility index (Phi) is 19.6. The molecule has 3 rings (SSSR count). The molecule has 3 N–H and O–H groups in total. The van der Waals surface area contributed by atoms with Crippen molar-refractivity contribution in [3.8, 4) is 11.3 Å². The molecule has 1 heterocycles. The fourth-order valence-electron chi connectivity index (χ4n) is 5.22. The highest BCUT2D eigenvalue weighted by molar-refractivity contribution is 6.36. The Morgan fingerprint density at radius 3 is 1.96 bits per heavy atom. The van der Waals surface area contributed by atoms with Crippen LogP contribution in [0.5, 0.6) is 0 Å². The number of benzene rings is 1. The second kappa shape index (κ2) is 23.9. The van der Waals surface area contributed by atoms with Crippen molar-refractivity contribution in [3.05, 3.63) is 130 Å². The molecule has 0 bridgehead atoms. The number of halogens is 3.